The van der Waals surface area contributed by atoms with E-state index in [0.717, 1.165) is 23.0 Å². The predicted molar refractivity (Wildman–Crippen MR) is 81.5 cm³/mol. The summed E-state index contributed by atoms with van der Waals surface area (Å²) in [7, 11) is 0. The Balaban J connectivity index is 2.09. The maximum atomic E-state index is 14.0. The van der Waals surface area contributed by atoms with E-state index in [1.807, 2.05) is 37.3 Å². The molecule has 0 spiro atoms. The molecule has 0 fully saturated rings. The Kier molecular flexibility index (Phi) is 3.88. The Hall–Kier alpha value is -2.33. The van der Waals surface area contributed by atoms with Crippen LogP contribution in [-0.4, -0.2) is 16.5 Å². The van der Waals surface area contributed by atoms with Crippen LogP contribution in [0.15, 0.2) is 55.0 Å². The van der Waals surface area contributed by atoms with Crippen molar-refractivity contribution in [1.82, 2.24) is 15.3 Å². The summed E-state index contributed by atoms with van der Waals surface area (Å²) in [6, 6.07) is 11.5. The van der Waals surface area contributed by atoms with Crippen molar-refractivity contribution in [3.05, 3.63) is 71.9 Å². The number of fused-ring (bicyclic) bond motifs is 1. The van der Waals surface area contributed by atoms with Gasteiger partial charge in [0.15, 0.2) is 0 Å². The van der Waals surface area contributed by atoms with Crippen molar-refractivity contribution < 1.29 is 4.39 Å². The van der Waals surface area contributed by atoms with Gasteiger partial charge in [-0.2, -0.15) is 0 Å². The van der Waals surface area contributed by atoms with Crippen LogP contribution in [0.5, 0.6) is 0 Å². The highest BCUT2D eigenvalue weighted by molar-refractivity contribution is 5.79. The topological polar surface area (TPSA) is 37.8 Å². The van der Waals surface area contributed by atoms with Crippen LogP contribution in [0, 0.1) is 5.82 Å². The largest absolute Gasteiger partial charge is 0.306 e. The zero-order valence-electron chi connectivity index (χ0n) is 11.8. The molecule has 3 nitrogen and oxygen atoms in total. The van der Waals surface area contributed by atoms with E-state index in [0.29, 0.717) is 5.56 Å². The SMILES string of the molecule is CCNC(c1ccc2cccnc2c1)c1ccncc1F. The fourth-order valence-corrected chi connectivity index (χ4v) is 2.49. The second-order valence-corrected chi connectivity index (χ2v) is 4.84. The summed E-state index contributed by atoms with van der Waals surface area (Å²) >= 11 is 0. The minimum atomic E-state index is -0.301. The van der Waals surface area contributed by atoms with Crippen molar-refractivity contribution >= 4 is 10.9 Å². The third-order valence-electron chi connectivity index (χ3n) is 3.49. The van der Waals surface area contributed by atoms with E-state index in [-0.39, 0.29) is 11.9 Å². The quantitative estimate of drug-likeness (QED) is 0.795. The lowest BCUT2D eigenvalue weighted by atomic mass is 9.98. The summed E-state index contributed by atoms with van der Waals surface area (Å²) in [5.41, 5.74) is 2.50. The zero-order chi connectivity index (χ0) is 14.7. The van der Waals surface area contributed by atoms with Crippen molar-refractivity contribution in [2.24, 2.45) is 0 Å². The highest BCUT2D eigenvalue weighted by Crippen LogP contribution is 2.26. The van der Waals surface area contributed by atoms with Crippen LogP contribution < -0.4 is 5.32 Å². The van der Waals surface area contributed by atoms with Gasteiger partial charge in [0.2, 0.25) is 0 Å². The Bertz CT molecular complexity index is 758. The lowest BCUT2D eigenvalue weighted by molar-refractivity contribution is 0.555. The minimum Gasteiger partial charge on any atom is -0.306 e. The van der Waals surface area contributed by atoms with Gasteiger partial charge in [0.1, 0.15) is 5.82 Å². The van der Waals surface area contributed by atoms with Crippen molar-refractivity contribution in [2.75, 3.05) is 6.54 Å². The molecule has 0 aliphatic rings. The number of nitrogens with one attached hydrogen (secondary N) is 1. The molecule has 21 heavy (non-hydrogen) atoms. The number of hydrogen-bond acceptors (Lipinski definition) is 3. The number of nitrogens with zero attached hydrogens (tertiary/aromatic N) is 2. The molecular formula is C17H16FN3. The van der Waals surface area contributed by atoms with E-state index in [4.69, 9.17) is 0 Å². The average molecular weight is 281 g/mol. The highest BCUT2D eigenvalue weighted by atomic mass is 19.1. The van der Waals surface area contributed by atoms with Gasteiger partial charge in [-0.1, -0.05) is 25.1 Å². The van der Waals surface area contributed by atoms with E-state index < -0.39 is 0 Å². The molecule has 0 saturated carbocycles. The number of hydrogen-bond donors (Lipinski definition) is 1. The predicted octanol–water partition coefficient (Wildman–Crippen LogP) is 3.47. The number of pyridine rings is 2. The number of halogens is 1. The summed E-state index contributed by atoms with van der Waals surface area (Å²) in [4.78, 5) is 8.18. The van der Waals surface area contributed by atoms with Crippen LogP contribution in [0.4, 0.5) is 4.39 Å². The van der Waals surface area contributed by atoms with Gasteiger partial charge >= 0.3 is 0 Å². The molecule has 0 bridgehead atoms. The van der Waals surface area contributed by atoms with Gasteiger partial charge in [-0.15, -0.1) is 0 Å². The fraction of sp³-hybridized carbons (Fsp3) is 0.176. The van der Waals surface area contributed by atoms with Crippen molar-refractivity contribution in [1.29, 1.82) is 0 Å². The van der Waals surface area contributed by atoms with E-state index in [2.05, 4.69) is 15.3 Å². The lowest BCUT2D eigenvalue weighted by Crippen LogP contribution is -2.23. The Morgan fingerprint density at radius 1 is 1.19 bits per heavy atom. The Morgan fingerprint density at radius 3 is 2.90 bits per heavy atom. The number of benzene rings is 1. The van der Waals surface area contributed by atoms with Crippen LogP contribution in [0.2, 0.25) is 0 Å². The molecule has 1 atom stereocenters. The van der Waals surface area contributed by atoms with E-state index in [1.165, 1.54) is 6.20 Å². The standard InChI is InChI=1S/C17H16FN3/c1-2-20-17(14-7-9-19-11-15(14)18)13-6-5-12-4-3-8-21-16(12)10-13/h3-11,17,20H,2H2,1H3. The van der Waals surface area contributed by atoms with Gasteiger partial charge in [-0.05, 0) is 30.3 Å². The molecule has 0 amide bonds. The third-order valence-corrected chi connectivity index (χ3v) is 3.49. The first-order chi connectivity index (χ1) is 10.3. The molecule has 0 radical (unpaired) electrons. The molecule has 3 aromatic rings. The van der Waals surface area contributed by atoms with Crippen molar-refractivity contribution in [3.63, 3.8) is 0 Å². The molecule has 2 aromatic heterocycles. The van der Waals surface area contributed by atoms with E-state index >= 15 is 0 Å². The van der Waals surface area contributed by atoms with Crippen LogP contribution in [-0.2, 0) is 0 Å². The van der Waals surface area contributed by atoms with Crippen LogP contribution in [0.3, 0.4) is 0 Å². The van der Waals surface area contributed by atoms with Crippen LogP contribution >= 0.6 is 0 Å². The third kappa shape index (κ3) is 2.76. The average Bonchev–Trinajstić information content (AvgIpc) is 2.53. The Morgan fingerprint density at radius 2 is 2.10 bits per heavy atom. The van der Waals surface area contributed by atoms with Gasteiger partial charge in [0.05, 0.1) is 17.8 Å². The molecule has 3 rings (SSSR count). The van der Waals surface area contributed by atoms with Gasteiger partial charge in [0, 0.05) is 23.3 Å². The van der Waals surface area contributed by atoms with Crippen LogP contribution in [0.1, 0.15) is 24.1 Å². The lowest BCUT2D eigenvalue weighted by Gasteiger charge is -2.19. The smallest absolute Gasteiger partial charge is 0.146 e. The summed E-state index contributed by atoms with van der Waals surface area (Å²) in [6.07, 6.45) is 4.63. The molecule has 0 aliphatic heterocycles. The molecule has 0 aliphatic carbocycles. The van der Waals surface area contributed by atoms with Crippen molar-refractivity contribution in [3.8, 4) is 0 Å². The summed E-state index contributed by atoms with van der Waals surface area (Å²) in [5.74, 6) is -0.301. The summed E-state index contributed by atoms with van der Waals surface area (Å²) in [6.45, 7) is 2.75. The van der Waals surface area contributed by atoms with Crippen LogP contribution in [0.25, 0.3) is 10.9 Å². The molecule has 1 N–H and O–H groups in total. The molecule has 1 unspecified atom stereocenters. The fourth-order valence-electron chi connectivity index (χ4n) is 2.49. The number of aromatic nitrogens is 2. The second kappa shape index (κ2) is 5.97. The van der Waals surface area contributed by atoms with Gasteiger partial charge in [0.25, 0.3) is 0 Å². The highest BCUT2D eigenvalue weighted by Gasteiger charge is 2.17. The maximum absolute atomic E-state index is 14.0. The van der Waals surface area contributed by atoms with E-state index in [9.17, 15) is 4.39 Å². The molecule has 4 heteroatoms. The molecule has 0 saturated heterocycles. The normalized spacial score (nSPS) is 12.5. The molecule has 106 valence electrons. The molecule has 1 aromatic carbocycles. The minimum absolute atomic E-state index is 0.204. The first-order valence-corrected chi connectivity index (χ1v) is 6.97. The van der Waals surface area contributed by atoms with Gasteiger partial charge in [-0.25, -0.2) is 4.39 Å². The summed E-state index contributed by atoms with van der Waals surface area (Å²) < 4.78 is 14.0. The zero-order valence-corrected chi connectivity index (χ0v) is 11.8. The van der Waals surface area contributed by atoms with Gasteiger partial charge in [-0.3, -0.25) is 9.97 Å². The maximum Gasteiger partial charge on any atom is 0.146 e. The monoisotopic (exact) mass is 281 g/mol. The molecular weight excluding hydrogens is 265 g/mol. The first-order valence-electron chi connectivity index (χ1n) is 6.97. The number of rotatable bonds is 4. The second-order valence-electron chi connectivity index (χ2n) is 4.84. The molecule has 2 heterocycles. The summed E-state index contributed by atoms with van der Waals surface area (Å²) in [5, 5.41) is 4.40. The van der Waals surface area contributed by atoms with Gasteiger partial charge < -0.3 is 5.32 Å². The van der Waals surface area contributed by atoms with Crippen molar-refractivity contribution in [2.45, 2.75) is 13.0 Å². The Labute approximate surface area is 122 Å². The van der Waals surface area contributed by atoms with E-state index in [1.54, 1.807) is 18.5 Å². The first kappa shape index (κ1) is 13.6.